The molecule has 16 heteroatoms. The van der Waals surface area contributed by atoms with Gasteiger partial charge in [-0.15, -0.1) is 0 Å². The molecule has 482 valence electrons. The summed E-state index contributed by atoms with van der Waals surface area (Å²) in [6.45, 7) is 16.5. The first-order valence-electron chi connectivity index (χ1n) is 32.6. The van der Waals surface area contributed by atoms with Crippen LogP contribution in [0.1, 0.15) is 72.3 Å². The number of nitrogens with one attached hydrogen (secondary N) is 7. The number of carbonyl (C=O) groups is 1. The summed E-state index contributed by atoms with van der Waals surface area (Å²) in [5.74, 6) is -0.470. The second-order valence-corrected chi connectivity index (χ2v) is 30.8. The number of aliphatic hydroxyl groups excluding tert-OH is 1. The number of benzene rings is 12. The fraction of sp³-hybridized carbons (Fsp3) is 0.122. The van der Waals surface area contributed by atoms with E-state index < -0.39 is 21.3 Å². The second-order valence-electron chi connectivity index (χ2n) is 26.5. The number of ketones is 1. The Morgan fingerprint density at radius 3 is 1.44 bits per heavy atom. The van der Waals surface area contributed by atoms with E-state index in [-0.39, 0.29) is 27.6 Å². The number of carbonyl (C=O) groups excluding carboxylic acids is 1. The standard InChI is InChI=1S/C82H66N8O4S4/c1-43-15-31-67(47(5)35-43)87-95-53-21-27-57-58-28-22-54(96-88-68-32-16-44(2)36-48(68)6)40-64(58)81(63(57)39-53)83-71-13-9-11-51-19-25-61(77(85-81)73(51)71)75-79(91)76(80(75)92)62-26-20-52-12-10-14-72-74(52)78(62)86-82(84-72)65-41-55(97-89-69-33-17-45(3)37-49(69)7)23-29-59(65)60-30-24-56(42-66(60)82)98(93,94)90-70-34-18-46(4)38-50(70)8/h9-42,83,85-91H,1-8H3/b76-62+. The predicted molar refractivity (Wildman–Crippen MR) is 406 cm³/mol. The van der Waals surface area contributed by atoms with Crippen molar-refractivity contribution in [3.8, 4) is 22.3 Å². The average Bonchev–Trinajstić information content (AvgIpc) is 1.40. The van der Waals surface area contributed by atoms with Gasteiger partial charge in [0.2, 0.25) is 5.78 Å². The van der Waals surface area contributed by atoms with Crippen molar-refractivity contribution >= 4 is 124 Å². The van der Waals surface area contributed by atoms with Gasteiger partial charge in [-0.3, -0.25) is 9.52 Å². The molecule has 0 amide bonds. The largest absolute Gasteiger partial charge is 0.506 e. The SMILES string of the molecule is Cc1ccc(NSc2ccc3c(c2)C2(N=c4cccc5cc/c(=C6\C(=O)C(c7ccc8cccc9c8c7NC7(N9)c8cc(SNc9ccc(C)cc9C)ccc8-c8ccc(SNc9ccc(C)cc9C)cc87)=C6O)c(c45)N2)c2cc(S(=O)(=O)Nc4ccc(C)cc4C)ccc2-3)c(C)c1. The molecule has 1 unspecified atom stereocenters. The summed E-state index contributed by atoms with van der Waals surface area (Å²) < 4.78 is 43.2. The Hall–Kier alpha value is -10.4. The van der Waals surface area contributed by atoms with Crippen LogP contribution >= 0.6 is 35.8 Å². The van der Waals surface area contributed by atoms with E-state index in [4.69, 9.17) is 4.99 Å². The summed E-state index contributed by atoms with van der Waals surface area (Å²) in [5.41, 5.74) is 20.1. The smallest absolute Gasteiger partial charge is 0.261 e. The lowest BCUT2D eigenvalue weighted by Crippen LogP contribution is -2.45. The highest BCUT2D eigenvalue weighted by molar-refractivity contribution is 8.01. The zero-order valence-electron chi connectivity index (χ0n) is 54.9. The van der Waals surface area contributed by atoms with E-state index in [0.29, 0.717) is 38.8 Å². The Bertz CT molecular complexity index is 5740. The van der Waals surface area contributed by atoms with Gasteiger partial charge in [0.05, 0.1) is 38.5 Å². The third kappa shape index (κ3) is 9.84. The lowest BCUT2D eigenvalue weighted by Gasteiger charge is -2.42. The monoisotopic (exact) mass is 1350 g/mol. The van der Waals surface area contributed by atoms with Gasteiger partial charge in [-0.05, 0) is 231 Å². The zero-order chi connectivity index (χ0) is 67.3. The minimum atomic E-state index is -4.16. The first-order valence-corrected chi connectivity index (χ1v) is 36.5. The molecule has 0 fully saturated rings. The number of aryl methyl sites for hydroxylation is 8. The molecule has 2 aliphatic heterocycles. The summed E-state index contributed by atoms with van der Waals surface area (Å²) >= 11 is 4.60. The number of rotatable bonds is 13. The molecule has 98 heavy (non-hydrogen) atoms. The van der Waals surface area contributed by atoms with E-state index in [1.165, 1.54) is 28.6 Å². The van der Waals surface area contributed by atoms with Crippen molar-refractivity contribution in [3.63, 3.8) is 0 Å². The summed E-state index contributed by atoms with van der Waals surface area (Å²) in [6.07, 6.45) is 0. The maximum Gasteiger partial charge on any atom is 0.261 e. The summed E-state index contributed by atoms with van der Waals surface area (Å²) in [5, 5.41) is 29.9. The van der Waals surface area contributed by atoms with Gasteiger partial charge in [0, 0.05) is 81.2 Å². The van der Waals surface area contributed by atoms with E-state index in [9.17, 15) is 13.5 Å². The van der Waals surface area contributed by atoms with Crippen molar-refractivity contribution in [2.24, 2.45) is 4.99 Å². The van der Waals surface area contributed by atoms with E-state index in [1.54, 1.807) is 42.1 Å². The highest BCUT2D eigenvalue weighted by Crippen LogP contribution is 2.58. The van der Waals surface area contributed by atoms with Crippen molar-refractivity contribution < 1.29 is 18.3 Å². The number of nitrogens with zero attached hydrogens (tertiary/aromatic N) is 1. The molecule has 2 spiro atoms. The van der Waals surface area contributed by atoms with E-state index in [1.807, 2.05) is 74.5 Å². The molecule has 5 aliphatic rings. The van der Waals surface area contributed by atoms with Crippen LogP contribution in [0.25, 0.3) is 54.9 Å². The van der Waals surface area contributed by atoms with Crippen LogP contribution in [0.5, 0.6) is 0 Å². The number of hydrogen-bond acceptors (Lipinski definition) is 14. The highest BCUT2D eigenvalue weighted by Gasteiger charge is 2.50. The molecule has 0 radical (unpaired) electrons. The lowest BCUT2D eigenvalue weighted by atomic mass is 9.79. The van der Waals surface area contributed by atoms with Gasteiger partial charge in [0.25, 0.3) is 10.0 Å². The molecule has 12 aromatic rings. The van der Waals surface area contributed by atoms with Crippen molar-refractivity contribution in [1.82, 2.24) is 0 Å². The maximum atomic E-state index is 15.9. The lowest BCUT2D eigenvalue weighted by molar-refractivity contribution is -0.109. The predicted octanol–water partition coefficient (Wildman–Crippen LogP) is 19.0. The Kier molecular flexibility index (Phi) is 14.3. The van der Waals surface area contributed by atoms with Crippen LogP contribution in [0.4, 0.5) is 39.8 Å². The van der Waals surface area contributed by atoms with Crippen LogP contribution < -0.4 is 45.4 Å². The zero-order valence-corrected chi connectivity index (χ0v) is 58.1. The number of sulfonamides is 1. The molecule has 8 N–H and O–H groups in total. The number of anilines is 7. The third-order valence-electron chi connectivity index (χ3n) is 19.8. The molecule has 0 aromatic heterocycles. The van der Waals surface area contributed by atoms with Gasteiger partial charge >= 0.3 is 0 Å². The van der Waals surface area contributed by atoms with Crippen LogP contribution in [-0.2, 0) is 26.1 Å². The topological polar surface area (TPSA) is 168 Å². The van der Waals surface area contributed by atoms with Crippen LogP contribution in [-0.4, -0.2) is 19.3 Å². The Morgan fingerprint density at radius 2 is 0.898 bits per heavy atom. The third-order valence-corrected chi connectivity index (χ3v) is 23.6. The van der Waals surface area contributed by atoms with Gasteiger partial charge < -0.3 is 35.2 Å². The van der Waals surface area contributed by atoms with E-state index >= 15 is 4.79 Å². The Labute approximate surface area is 581 Å². The van der Waals surface area contributed by atoms with Crippen molar-refractivity contribution in [3.05, 3.63) is 295 Å². The minimum absolute atomic E-state index is 0.0595. The normalized spacial score (nSPS) is 16.1. The second kappa shape index (κ2) is 22.9. The quantitative estimate of drug-likeness (QED) is 0.0514. The van der Waals surface area contributed by atoms with Gasteiger partial charge in [-0.1, -0.05) is 144 Å². The average molecular weight is 1360 g/mol. The first-order chi connectivity index (χ1) is 47.3. The van der Waals surface area contributed by atoms with Crippen LogP contribution in [0.3, 0.4) is 0 Å². The number of Topliss-reactive ketones (excluding diaryl/α,β-unsaturated/α-hetero) is 1. The molecule has 0 saturated heterocycles. The van der Waals surface area contributed by atoms with Crippen LogP contribution in [0.2, 0.25) is 0 Å². The van der Waals surface area contributed by atoms with Gasteiger partial charge in [0.15, 0.2) is 11.3 Å². The van der Waals surface area contributed by atoms with Gasteiger partial charge in [-0.25, -0.2) is 13.4 Å². The van der Waals surface area contributed by atoms with Crippen molar-refractivity contribution in [2.75, 3.05) is 34.8 Å². The summed E-state index contributed by atoms with van der Waals surface area (Å²) in [7, 11) is -4.16. The summed E-state index contributed by atoms with van der Waals surface area (Å²) in [4.78, 5) is 24.6. The van der Waals surface area contributed by atoms with Crippen LogP contribution in [0, 0.1) is 55.4 Å². The number of fused-ring (bicyclic) bond motifs is 10. The van der Waals surface area contributed by atoms with E-state index in [2.05, 4.69) is 204 Å². The molecule has 1 atom stereocenters. The molecule has 12 nitrogen and oxygen atoms in total. The summed E-state index contributed by atoms with van der Waals surface area (Å²) in [6, 6.07) is 69.5. The Morgan fingerprint density at radius 1 is 0.429 bits per heavy atom. The molecular formula is C82H66N8O4S4. The molecular weight excluding hydrogens is 1290 g/mol. The van der Waals surface area contributed by atoms with Gasteiger partial charge in [0.1, 0.15) is 5.76 Å². The van der Waals surface area contributed by atoms with Crippen LogP contribution in [0.15, 0.2) is 237 Å². The minimum Gasteiger partial charge on any atom is -0.506 e. The number of aliphatic hydroxyl groups is 1. The number of hydrogen-bond donors (Lipinski definition) is 8. The molecule has 0 saturated carbocycles. The highest BCUT2D eigenvalue weighted by atomic mass is 32.2. The number of allylic oxidation sites excluding steroid dienone is 2. The van der Waals surface area contributed by atoms with Gasteiger partial charge in [-0.2, -0.15) is 0 Å². The molecule has 0 bridgehead atoms. The molecule has 12 aromatic carbocycles. The Balaban J connectivity index is 0.808. The fourth-order valence-corrected chi connectivity index (χ4v) is 18.5. The molecule has 17 rings (SSSR count). The van der Waals surface area contributed by atoms with E-state index in [0.717, 1.165) is 126 Å². The van der Waals surface area contributed by atoms with Crippen molar-refractivity contribution in [2.45, 2.75) is 86.3 Å². The van der Waals surface area contributed by atoms with Crippen molar-refractivity contribution in [1.29, 1.82) is 0 Å². The fourth-order valence-electron chi connectivity index (χ4n) is 15.0. The molecule has 3 aliphatic carbocycles. The first kappa shape index (κ1) is 61.2. The molecule has 2 heterocycles. The maximum absolute atomic E-state index is 15.9.